The molecule has 1 aromatic carbocycles. The monoisotopic (exact) mass is 276 g/mol. The van der Waals surface area contributed by atoms with Crippen LogP contribution in [0, 0.1) is 17.1 Å². The smallest absolute Gasteiger partial charge is 0.336 e. The first-order chi connectivity index (χ1) is 9.10. The standard InChI is InChI=1S/C13H9FN2O2S/c14-12-2-1-10(3-8(12)5-15)16-6-11-4-9(7-19-11)13(17)18/h1-4,7,16H,6H2,(H,17,18). The predicted octanol–water partition coefficient (Wildman–Crippen LogP) is 3.07. The number of carboxylic acids is 1. The van der Waals surface area contributed by atoms with Gasteiger partial charge in [0.15, 0.2) is 0 Å². The molecule has 96 valence electrons. The molecule has 19 heavy (non-hydrogen) atoms. The Balaban J connectivity index is 2.06. The summed E-state index contributed by atoms with van der Waals surface area (Å²) in [7, 11) is 0. The summed E-state index contributed by atoms with van der Waals surface area (Å²) in [6.45, 7) is 0.425. The van der Waals surface area contributed by atoms with Gasteiger partial charge in [-0.1, -0.05) is 0 Å². The number of nitriles is 1. The van der Waals surface area contributed by atoms with Gasteiger partial charge in [-0.2, -0.15) is 5.26 Å². The number of hydrogen-bond donors (Lipinski definition) is 2. The van der Waals surface area contributed by atoms with E-state index in [1.165, 1.54) is 29.5 Å². The van der Waals surface area contributed by atoms with Crippen molar-refractivity contribution in [3.63, 3.8) is 0 Å². The SMILES string of the molecule is N#Cc1cc(NCc2cc(C(=O)O)cs2)ccc1F. The molecule has 0 aliphatic carbocycles. The number of aromatic carboxylic acids is 1. The zero-order valence-corrected chi connectivity index (χ0v) is 10.5. The highest BCUT2D eigenvalue weighted by Gasteiger charge is 2.07. The van der Waals surface area contributed by atoms with E-state index < -0.39 is 11.8 Å². The Kier molecular flexibility index (Phi) is 3.78. The van der Waals surface area contributed by atoms with Crippen LogP contribution in [0.4, 0.5) is 10.1 Å². The molecule has 0 saturated carbocycles. The Hall–Kier alpha value is -2.39. The second kappa shape index (κ2) is 5.50. The molecule has 0 spiro atoms. The van der Waals surface area contributed by atoms with E-state index in [4.69, 9.17) is 10.4 Å². The van der Waals surface area contributed by atoms with E-state index in [1.807, 2.05) is 0 Å². The van der Waals surface area contributed by atoms with Gasteiger partial charge < -0.3 is 10.4 Å². The van der Waals surface area contributed by atoms with Gasteiger partial charge in [0, 0.05) is 22.5 Å². The Labute approximate surface area is 112 Å². The lowest BCUT2D eigenvalue weighted by molar-refractivity contribution is 0.0697. The maximum atomic E-state index is 13.1. The van der Waals surface area contributed by atoms with E-state index in [1.54, 1.807) is 17.5 Å². The highest BCUT2D eigenvalue weighted by atomic mass is 32.1. The first-order valence-electron chi connectivity index (χ1n) is 5.34. The van der Waals surface area contributed by atoms with Gasteiger partial charge in [-0.3, -0.25) is 0 Å². The summed E-state index contributed by atoms with van der Waals surface area (Å²) < 4.78 is 13.1. The Morgan fingerprint density at radius 3 is 2.89 bits per heavy atom. The molecule has 4 nitrogen and oxygen atoms in total. The van der Waals surface area contributed by atoms with Crippen molar-refractivity contribution < 1.29 is 14.3 Å². The van der Waals surface area contributed by atoms with E-state index in [0.29, 0.717) is 12.2 Å². The van der Waals surface area contributed by atoms with Crippen molar-refractivity contribution in [3.8, 4) is 6.07 Å². The van der Waals surface area contributed by atoms with Crippen LogP contribution in [-0.4, -0.2) is 11.1 Å². The molecule has 2 aromatic rings. The summed E-state index contributed by atoms with van der Waals surface area (Å²) in [5, 5.41) is 22.1. The van der Waals surface area contributed by atoms with Crippen molar-refractivity contribution >= 4 is 23.0 Å². The van der Waals surface area contributed by atoms with Crippen LogP contribution >= 0.6 is 11.3 Å². The minimum absolute atomic E-state index is 0.0256. The molecule has 2 rings (SSSR count). The summed E-state index contributed by atoms with van der Waals surface area (Å²) in [6, 6.07) is 7.51. The fourth-order valence-corrected chi connectivity index (χ4v) is 2.29. The number of nitrogens with zero attached hydrogens (tertiary/aromatic N) is 1. The van der Waals surface area contributed by atoms with E-state index in [0.717, 1.165) is 4.88 Å². The van der Waals surface area contributed by atoms with Gasteiger partial charge >= 0.3 is 5.97 Å². The zero-order valence-electron chi connectivity index (χ0n) is 9.68. The number of halogens is 1. The largest absolute Gasteiger partial charge is 0.478 e. The molecule has 1 heterocycles. The molecule has 0 amide bonds. The van der Waals surface area contributed by atoms with Crippen molar-refractivity contribution in [2.24, 2.45) is 0 Å². The molecule has 0 aliphatic rings. The third kappa shape index (κ3) is 3.09. The van der Waals surface area contributed by atoms with Crippen molar-refractivity contribution in [1.82, 2.24) is 0 Å². The highest BCUT2D eigenvalue weighted by Crippen LogP contribution is 2.18. The van der Waals surface area contributed by atoms with Gasteiger partial charge in [-0.25, -0.2) is 9.18 Å². The topological polar surface area (TPSA) is 73.1 Å². The number of benzene rings is 1. The average Bonchev–Trinajstić information content (AvgIpc) is 2.87. The molecule has 0 atom stereocenters. The van der Waals surface area contributed by atoms with Gasteiger partial charge in [0.25, 0.3) is 0 Å². The second-order valence-corrected chi connectivity index (χ2v) is 4.76. The molecule has 0 aliphatic heterocycles. The van der Waals surface area contributed by atoms with Crippen molar-refractivity contribution in [2.45, 2.75) is 6.54 Å². The molecule has 0 radical (unpaired) electrons. The van der Waals surface area contributed by atoms with Crippen LogP contribution in [0.1, 0.15) is 20.8 Å². The lowest BCUT2D eigenvalue weighted by atomic mass is 10.2. The highest BCUT2D eigenvalue weighted by molar-refractivity contribution is 7.10. The van der Waals surface area contributed by atoms with Crippen LogP contribution in [0.25, 0.3) is 0 Å². The first-order valence-corrected chi connectivity index (χ1v) is 6.22. The van der Waals surface area contributed by atoms with Gasteiger partial charge in [0.2, 0.25) is 0 Å². The van der Waals surface area contributed by atoms with Crippen LogP contribution in [0.5, 0.6) is 0 Å². The normalized spacial score (nSPS) is 9.89. The zero-order chi connectivity index (χ0) is 13.8. The molecular weight excluding hydrogens is 267 g/mol. The molecule has 6 heteroatoms. The van der Waals surface area contributed by atoms with Crippen LogP contribution in [-0.2, 0) is 6.54 Å². The van der Waals surface area contributed by atoms with Crippen LogP contribution in [0.15, 0.2) is 29.6 Å². The number of carbonyl (C=O) groups is 1. The summed E-state index contributed by atoms with van der Waals surface area (Å²) in [5.41, 5.74) is 0.837. The molecule has 0 saturated heterocycles. The predicted molar refractivity (Wildman–Crippen MR) is 69.7 cm³/mol. The Bertz CT molecular complexity index is 661. The number of nitrogens with one attached hydrogen (secondary N) is 1. The van der Waals surface area contributed by atoms with Crippen LogP contribution in [0.3, 0.4) is 0 Å². The number of thiophene rings is 1. The molecule has 2 N–H and O–H groups in total. The van der Waals surface area contributed by atoms with E-state index >= 15 is 0 Å². The summed E-state index contributed by atoms with van der Waals surface area (Å²) in [6.07, 6.45) is 0. The number of anilines is 1. The van der Waals surface area contributed by atoms with E-state index in [-0.39, 0.29) is 11.1 Å². The van der Waals surface area contributed by atoms with Crippen LogP contribution in [0.2, 0.25) is 0 Å². The maximum Gasteiger partial charge on any atom is 0.336 e. The molecule has 1 aromatic heterocycles. The Morgan fingerprint density at radius 2 is 2.26 bits per heavy atom. The third-order valence-electron chi connectivity index (χ3n) is 2.45. The summed E-state index contributed by atoms with van der Waals surface area (Å²) in [5.74, 6) is -1.52. The summed E-state index contributed by atoms with van der Waals surface area (Å²) in [4.78, 5) is 11.6. The fourth-order valence-electron chi connectivity index (χ4n) is 1.50. The molecule has 0 bridgehead atoms. The van der Waals surface area contributed by atoms with E-state index in [9.17, 15) is 9.18 Å². The fraction of sp³-hybridized carbons (Fsp3) is 0.0769. The number of rotatable bonds is 4. The minimum atomic E-state index is -0.962. The molecule has 0 fully saturated rings. The molecule has 0 unspecified atom stereocenters. The third-order valence-corrected chi connectivity index (χ3v) is 3.39. The number of carboxylic acid groups (broad SMARTS) is 1. The van der Waals surface area contributed by atoms with Crippen molar-refractivity contribution in [2.75, 3.05) is 5.32 Å². The van der Waals surface area contributed by atoms with E-state index in [2.05, 4.69) is 5.32 Å². The number of hydrogen-bond acceptors (Lipinski definition) is 4. The van der Waals surface area contributed by atoms with Gasteiger partial charge in [0.05, 0.1) is 11.1 Å². The molecular formula is C13H9FN2O2S. The second-order valence-electron chi connectivity index (χ2n) is 3.77. The van der Waals surface area contributed by atoms with Crippen molar-refractivity contribution in [1.29, 1.82) is 5.26 Å². The lowest BCUT2D eigenvalue weighted by Crippen LogP contribution is -1.99. The average molecular weight is 276 g/mol. The summed E-state index contributed by atoms with van der Waals surface area (Å²) >= 11 is 1.33. The lowest BCUT2D eigenvalue weighted by Gasteiger charge is -2.05. The maximum absolute atomic E-state index is 13.1. The van der Waals surface area contributed by atoms with Crippen LogP contribution < -0.4 is 5.32 Å². The van der Waals surface area contributed by atoms with Gasteiger partial charge in [0.1, 0.15) is 11.9 Å². The van der Waals surface area contributed by atoms with Crippen molar-refractivity contribution in [3.05, 3.63) is 51.5 Å². The van der Waals surface area contributed by atoms with Gasteiger partial charge in [-0.05, 0) is 24.3 Å². The Morgan fingerprint density at radius 1 is 1.47 bits per heavy atom. The quantitative estimate of drug-likeness (QED) is 0.900. The first kappa shape index (κ1) is 13.1. The minimum Gasteiger partial charge on any atom is -0.478 e. The van der Waals surface area contributed by atoms with Gasteiger partial charge in [-0.15, -0.1) is 11.3 Å².